The number of carbonyl (C=O) groups excluding carboxylic acids is 1. The van der Waals surface area contributed by atoms with E-state index in [0.717, 1.165) is 43.4 Å². The monoisotopic (exact) mass is 404 g/mol. The van der Waals surface area contributed by atoms with Gasteiger partial charge in [-0.1, -0.05) is 44.1 Å². The fourth-order valence-corrected chi connectivity index (χ4v) is 7.67. The van der Waals surface area contributed by atoms with E-state index in [1.807, 2.05) is 0 Å². The second-order valence-electron chi connectivity index (χ2n) is 10.4. The second kappa shape index (κ2) is 7.55. The third kappa shape index (κ3) is 3.21. The summed E-state index contributed by atoms with van der Waals surface area (Å²) in [4.78, 5) is 11.6. The van der Waals surface area contributed by atoms with Crippen LogP contribution in [0.5, 0.6) is 0 Å². The van der Waals surface area contributed by atoms with Gasteiger partial charge in [0.15, 0.2) is 0 Å². The summed E-state index contributed by atoms with van der Waals surface area (Å²) in [6.45, 7) is 7.29. The van der Waals surface area contributed by atoms with Crippen LogP contribution in [-0.4, -0.2) is 17.2 Å². The lowest BCUT2D eigenvalue weighted by molar-refractivity contribution is -0.133. The van der Waals surface area contributed by atoms with Crippen molar-refractivity contribution in [1.82, 2.24) is 0 Å². The quantitative estimate of drug-likeness (QED) is 0.490. The maximum atomic E-state index is 11.6. The van der Waals surface area contributed by atoms with E-state index in [1.165, 1.54) is 25.7 Å². The van der Waals surface area contributed by atoms with Crippen LogP contribution in [0.1, 0.15) is 78.6 Å². The van der Waals surface area contributed by atoms with Gasteiger partial charge >= 0.3 is 5.97 Å². The number of hydrogen-bond acceptors (Lipinski definition) is 3. The average molecular weight is 405 g/mol. The highest BCUT2D eigenvalue weighted by atomic mass is 31.0. The Morgan fingerprint density at radius 1 is 1.21 bits per heavy atom. The molecule has 0 bridgehead atoms. The zero-order valence-electron chi connectivity index (χ0n) is 17.7. The SMILES string of the molecule is C[C@H](CCC(=O)OP)C1=CCC2C3CC=C4C[C@@H](O)CC[C@]4(C)C3CC[C@]12C. The van der Waals surface area contributed by atoms with Gasteiger partial charge in [-0.15, -0.1) is 0 Å². The van der Waals surface area contributed by atoms with E-state index in [2.05, 4.69) is 42.4 Å². The molecule has 0 aromatic rings. The molecule has 4 aliphatic carbocycles. The van der Waals surface area contributed by atoms with Crippen LogP contribution in [0.3, 0.4) is 0 Å². The summed E-state index contributed by atoms with van der Waals surface area (Å²) in [6.07, 6.45) is 14.3. The molecule has 0 radical (unpaired) electrons. The highest BCUT2D eigenvalue weighted by Crippen LogP contribution is 2.65. The van der Waals surface area contributed by atoms with Gasteiger partial charge in [-0.05, 0) is 85.9 Å². The first kappa shape index (κ1) is 20.6. The minimum absolute atomic E-state index is 0.126. The predicted octanol–water partition coefficient (Wildman–Crippen LogP) is 5.60. The van der Waals surface area contributed by atoms with Crippen LogP contribution in [0, 0.1) is 34.5 Å². The summed E-state index contributed by atoms with van der Waals surface area (Å²) in [7, 11) is 2.07. The maximum Gasteiger partial charge on any atom is 0.307 e. The molecule has 0 aromatic heterocycles. The molecular weight excluding hydrogens is 367 g/mol. The Kier molecular flexibility index (Phi) is 5.55. The van der Waals surface area contributed by atoms with Gasteiger partial charge in [0.1, 0.15) is 0 Å². The summed E-state index contributed by atoms with van der Waals surface area (Å²) < 4.78 is 4.77. The smallest absolute Gasteiger partial charge is 0.307 e. The Labute approximate surface area is 172 Å². The summed E-state index contributed by atoms with van der Waals surface area (Å²) in [5.74, 6) is 2.59. The lowest BCUT2D eigenvalue weighted by Crippen LogP contribution is -2.50. The second-order valence-corrected chi connectivity index (χ2v) is 10.7. The number of fused-ring (bicyclic) bond motifs is 5. The summed E-state index contributed by atoms with van der Waals surface area (Å²) in [5.41, 5.74) is 3.75. The summed E-state index contributed by atoms with van der Waals surface area (Å²) >= 11 is 0. The molecule has 0 saturated heterocycles. The van der Waals surface area contributed by atoms with Crippen LogP contribution in [0.4, 0.5) is 0 Å². The molecule has 0 aliphatic heterocycles. The molecular formula is C24H37O3P. The first-order valence-corrected chi connectivity index (χ1v) is 11.7. The molecule has 1 N–H and O–H groups in total. The highest BCUT2D eigenvalue weighted by molar-refractivity contribution is 7.10. The van der Waals surface area contributed by atoms with Gasteiger partial charge in [-0.2, -0.15) is 0 Å². The van der Waals surface area contributed by atoms with E-state index >= 15 is 0 Å². The van der Waals surface area contributed by atoms with E-state index in [1.54, 1.807) is 11.1 Å². The molecule has 4 aliphatic rings. The largest absolute Gasteiger partial charge is 0.452 e. The van der Waals surface area contributed by atoms with Crippen LogP contribution in [0.15, 0.2) is 23.3 Å². The number of aliphatic hydroxyl groups is 1. The van der Waals surface area contributed by atoms with Crippen LogP contribution < -0.4 is 0 Å². The van der Waals surface area contributed by atoms with Gasteiger partial charge in [0.2, 0.25) is 0 Å². The molecule has 4 rings (SSSR count). The molecule has 8 atom stereocenters. The van der Waals surface area contributed by atoms with Crippen molar-refractivity contribution >= 4 is 15.4 Å². The van der Waals surface area contributed by atoms with Gasteiger partial charge in [-0.25, -0.2) is 0 Å². The van der Waals surface area contributed by atoms with Crippen molar-refractivity contribution in [3.05, 3.63) is 23.3 Å². The predicted molar refractivity (Wildman–Crippen MR) is 115 cm³/mol. The Balaban J connectivity index is 1.52. The van der Waals surface area contributed by atoms with Gasteiger partial charge in [0, 0.05) is 6.42 Å². The number of aliphatic hydroxyl groups excluding tert-OH is 1. The van der Waals surface area contributed by atoms with Gasteiger partial charge in [0.05, 0.1) is 15.6 Å². The lowest BCUT2D eigenvalue weighted by Gasteiger charge is -2.58. The van der Waals surface area contributed by atoms with Crippen molar-refractivity contribution in [3.63, 3.8) is 0 Å². The number of allylic oxidation sites excluding steroid dienone is 3. The minimum Gasteiger partial charge on any atom is -0.452 e. The summed E-state index contributed by atoms with van der Waals surface area (Å²) in [6, 6.07) is 0. The molecule has 0 heterocycles. The molecule has 4 heteroatoms. The molecule has 2 fully saturated rings. The fourth-order valence-electron chi connectivity index (χ4n) is 7.56. The molecule has 0 amide bonds. The lowest BCUT2D eigenvalue weighted by atomic mass is 9.47. The number of hydrogen-bond donors (Lipinski definition) is 1. The normalized spacial score (nSPS) is 43.2. The minimum atomic E-state index is -0.127. The van der Waals surface area contributed by atoms with Crippen molar-refractivity contribution < 1.29 is 14.4 Å². The van der Waals surface area contributed by atoms with Crippen LogP contribution in [0.2, 0.25) is 0 Å². The van der Waals surface area contributed by atoms with E-state index < -0.39 is 0 Å². The molecule has 0 aromatic carbocycles. The van der Waals surface area contributed by atoms with Crippen LogP contribution in [-0.2, 0) is 9.32 Å². The van der Waals surface area contributed by atoms with Crippen LogP contribution >= 0.6 is 9.47 Å². The third-order valence-corrected chi connectivity index (χ3v) is 9.43. The molecule has 0 spiro atoms. The fraction of sp³-hybridized carbons (Fsp3) is 0.792. The Morgan fingerprint density at radius 3 is 2.71 bits per heavy atom. The highest BCUT2D eigenvalue weighted by Gasteiger charge is 2.56. The molecule has 28 heavy (non-hydrogen) atoms. The first-order valence-electron chi connectivity index (χ1n) is 11.3. The Morgan fingerprint density at radius 2 is 1.96 bits per heavy atom. The molecule has 3 nitrogen and oxygen atoms in total. The third-order valence-electron chi connectivity index (χ3n) is 9.16. The van der Waals surface area contributed by atoms with Crippen molar-refractivity contribution in [1.29, 1.82) is 0 Å². The molecule has 4 unspecified atom stereocenters. The topological polar surface area (TPSA) is 46.5 Å². The maximum absolute atomic E-state index is 11.6. The van der Waals surface area contributed by atoms with E-state index in [9.17, 15) is 9.90 Å². The Bertz CT molecular complexity index is 698. The first-order chi connectivity index (χ1) is 13.3. The zero-order chi connectivity index (χ0) is 20.1. The van der Waals surface area contributed by atoms with Gasteiger partial charge in [0.25, 0.3) is 0 Å². The number of carbonyl (C=O) groups is 1. The van der Waals surface area contributed by atoms with Crippen molar-refractivity contribution in [2.24, 2.45) is 34.5 Å². The van der Waals surface area contributed by atoms with Gasteiger partial charge in [-0.3, -0.25) is 4.79 Å². The van der Waals surface area contributed by atoms with E-state index in [0.29, 0.717) is 23.2 Å². The average Bonchev–Trinajstić information content (AvgIpc) is 3.03. The Hall–Kier alpha value is -0.660. The summed E-state index contributed by atoms with van der Waals surface area (Å²) in [5, 5.41) is 10.2. The molecule has 156 valence electrons. The zero-order valence-corrected chi connectivity index (χ0v) is 18.9. The van der Waals surface area contributed by atoms with Crippen molar-refractivity contribution in [3.8, 4) is 0 Å². The van der Waals surface area contributed by atoms with Crippen molar-refractivity contribution in [2.75, 3.05) is 0 Å². The van der Waals surface area contributed by atoms with Crippen LogP contribution in [0.25, 0.3) is 0 Å². The molecule has 2 saturated carbocycles. The van der Waals surface area contributed by atoms with E-state index in [4.69, 9.17) is 4.52 Å². The van der Waals surface area contributed by atoms with E-state index in [-0.39, 0.29) is 12.1 Å². The standard InChI is InChI=1S/C24H37O3P/c1-15(4-9-22(26)27-28)19-7-8-20-18-6-5-16-14-17(25)10-12-23(16,2)21(18)11-13-24(19,20)3/h5,7,15,17-18,20-21,25H,4,6,8-14,28H2,1-3H3/t15-,17+,18?,20?,21?,23+,24-/m1/s1. The van der Waals surface area contributed by atoms with Crippen molar-refractivity contribution in [2.45, 2.75) is 84.7 Å². The van der Waals surface area contributed by atoms with Gasteiger partial charge < -0.3 is 9.63 Å². The number of rotatable bonds is 4.